The molecule has 1 aromatic rings. The van der Waals surface area contributed by atoms with Crippen LogP contribution in [0.3, 0.4) is 0 Å². The normalized spacial score (nSPS) is 20.9. The Labute approximate surface area is 131 Å². The summed E-state index contributed by atoms with van der Waals surface area (Å²) in [7, 11) is 2.14. The lowest BCUT2D eigenvalue weighted by atomic mass is 9.99. The highest BCUT2D eigenvalue weighted by Gasteiger charge is 2.21. The van der Waals surface area contributed by atoms with Crippen LogP contribution >= 0.6 is 0 Å². The second-order valence-electron chi connectivity index (χ2n) is 6.07. The predicted molar refractivity (Wildman–Crippen MR) is 86.1 cm³/mol. The van der Waals surface area contributed by atoms with Crippen molar-refractivity contribution in [1.82, 2.24) is 9.88 Å². The van der Waals surface area contributed by atoms with Gasteiger partial charge in [0.15, 0.2) is 0 Å². The average Bonchev–Trinajstić information content (AvgIpc) is 2.57. The zero-order valence-corrected chi connectivity index (χ0v) is 13.1. The minimum atomic E-state index is 0.0612. The first-order valence-electron chi connectivity index (χ1n) is 8.00. The maximum atomic E-state index is 12.2. The number of aromatic nitrogens is 1. The third-order valence-corrected chi connectivity index (χ3v) is 4.43. The third kappa shape index (κ3) is 3.75. The fourth-order valence-corrected chi connectivity index (χ4v) is 2.89. The molecule has 2 aliphatic heterocycles. The van der Waals surface area contributed by atoms with Gasteiger partial charge in [-0.25, -0.2) is 4.98 Å². The van der Waals surface area contributed by atoms with Gasteiger partial charge in [-0.05, 0) is 32.0 Å². The summed E-state index contributed by atoms with van der Waals surface area (Å²) < 4.78 is 5.29. The monoisotopic (exact) mass is 304 g/mol. The molecular weight excluding hydrogens is 280 g/mol. The quantitative estimate of drug-likeness (QED) is 0.909. The van der Waals surface area contributed by atoms with Crippen LogP contribution in [0.15, 0.2) is 18.3 Å². The Balaban J connectivity index is 1.56. The minimum absolute atomic E-state index is 0.0612. The Kier molecular flexibility index (Phi) is 4.90. The number of nitrogens with one attached hydrogen (secondary N) is 1. The van der Waals surface area contributed by atoms with Crippen LogP contribution < -0.4 is 10.2 Å². The van der Waals surface area contributed by atoms with E-state index in [0.717, 1.165) is 50.5 Å². The lowest BCUT2D eigenvalue weighted by molar-refractivity contribution is -0.122. The topological polar surface area (TPSA) is 57.7 Å². The number of pyridine rings is 1. The van der Waals surface area contributed by atoms with Crippen molar-refractivity contribution in [3.63, 3.8) is 0 Å². The average molecular weight is 304 g/mol. The lowest BCUT2D eigenvalue weighted by Crippen LogP contribution is -2.44. The molecule has 0 atom stereocenters. The van der Waals surface area contributed by atoms with Crippen LogP contribution in [0.2, 0.25) is 0 Å². The molecule has 0 aliphatic carbocycles. The lowest BCUT2D eigenvalue weighted by Gasteiger charge is -2.33. The van der Waals surface area contributed by atoms with Gasteiger partial charge in [0.25, 0.3) is 0 Å². The maximum Gasteiger partial charge on any atom is 0.227 e. The van der Waals surface area contributed by atoms with Crippen molar-refractivity contribution in [2.24, 2.45) is 5.92 Å². The number of ether oxygens (including phenoxy) is 1. The molecule has 3 rings (SSSR count). The fraction of sp³-hybridized carbons (Fsp3) is 0.625. The van der Waals surface area contributed by atoms with Crippen LogP contribution in [-0.4, -0.2) is 62.2 Å². The number of nitrogens with zero attached hydrogens (tertiary/aromatic N) is 3. The Morgan fingerprint density at radius 3 is 2.59 bits per heavy atom. The zero-order valence-electron chi connectivity index (χ0n) is 13.1. The van der Waals surface area contributed by atoms with Crippen LogP contribution in [0, 0.1) is 5.92 Å². The number of rotatable bonds is 3. The molecule has 0 aromatic carbocycles. The molecule has 22 heavy (non-hydrogen) atoms. The van der Waals surface area contributed by atoms with Gasteiger partial charge in [-0.2, -0.15) is 0 Å². The van der Waals surface area contributed by atoms with Crippen molar-refractivity contribution < 1.29 is 9.53 Å². The first kappa shape index (κ1) is 15.2. The molecule has 2 saturated heterocycles. The predicted octanol–water partition coefficient (Wildman–Crippen LogP) is 1.20. The van der Waals surface area contributed by atoms with Crippen LogP contribution in [0.25, 0.3) is 0 Å². The molecule has 0 bridgehead atoms. The summed E-state index contributed by atoms with van der Waals surface area (Å²) >= 11 is 0. The van der Waals surface area contributed by atoms with E-state index in [0.29, 0.717) is 13.2 Å². The van der Waals surface area contributed by atoms with Gasteiger partial charge in [0.05, 0.1) is 11.9 Å². The summed E-state index contributed by atoms with van der Waals surface area (Å²) in [5.74, 6) is 1.13. The van der Waals surface area contributed by atoms with E-state index in [1.165, 1.54) is 0 Å². The molecular formula is C16H24N4O2. The van der Waals surface area contributed by atoms with Gasteiger partial charge in [0.2, 0.25) is 5.91 Å². The van der Waals surface area contributed by atoms with Crippen molar-refractivity contribution in [3.8, 4) is 0 Å². The van der Waals surface area contributed by atoms with Gasteiger partial charge in [-0.15, -0.1) is 0 Å². The van der Waals surface area contributed by atoms with Crippen LogP contribution in [0.4, 0.5) is 11.5 Å². The SMILES string of the molecule is CN1CCN(c2ccc(NC(=O)C3CCOCC3)cn2)CC1. The van der Waals surface area contributed by atoms with Gasteiger partial charge in [-0.3, -0.25) is 4.79 Å². The van der Waals surface area contributed by atoms with Gasteiger partial charge in [-0.1, -0.05) is 0 Å². The number of anilines is 2. The third-order valence-electron chi connectivity index (χ3n) is 4.43. The second-order valence-corrected chi connectivity index (χ2v) is 6.07. The highest BCUT2D eigenvalue weighted by molar-refractivity contribution is 5.92. The van der Waals surface area contributed by atoms with Gasteiger partial charge >= 0.3 is 0 Å². The van der Waals surface area contributed by atoms with E-state index in [1.54, 1.807) is 6.20 Å². The zero-order chi connectivity index (χ0) is 15.4. The molecule has 3 heterocycles. The molecule has 1 amide bonds. The molecule has 120 valence electrons. The number of hydrogen-bond donors (Lipinski definition) is 1. The van der Waals surface area contributed by atoms with E-state index in [2.05, 4.69) is 27.1 Å². The maximum absolute atomic E-state index is 12.2. The number of hydrogen-bond acceptors (Lipinski definition) is 5. The molecule has 0 spiro atoms. The van der Waals surface area contributed by atoms with Crippen LogP contribution in [-0.2, 0) is 9.53 Å². The fourth-order valence-electron chi connectivity index (χ4n) is 2.89. The summed E-state index contributed by atoms with van der Waals surface area (Å²) in [5, 5.41) is 2.97. The molecule has 1 aromatic heterocycles. The Morgan fingerprint density at radius 2 is 1.95 bits per heavy atom. The minimum Gasteiger partial charge on any atom is -0.381 e. The van der Waals surface area contributed by atoms with Crippen molar-refractivity contribution >= 4 is 17.4 Å². The Morgan fingerprint density at radius 1 is 1.23 bits per heavy atom. The molecule has 6 nitrogen and oxygen atoms in total. The summed E-state index contributed by atoms with van der Waals surface area (Å²) in [5.41, 5.74) is 0.773. The van der Waals surface area contributed by atoms with Crippen molar-refractivity contribution in [2.45, 2.75) is 12.8 Å². The molecule has 6 heteroatoms. The summed E-state index contributed by atoms with van der Waals surface area (Å²) in [6.07, 6.45) is 3.36. The Bertz CT molecular complexity index is 491. The summed E-state index contributed by atoms with van der Waals surface area (Å²) in [6, 6.07) is 3.93. The number of carbonyl (C=O) groups excluding carboxylic acids is 1. The summed E-state index contributed by atoms with van der Waals surface area (Å²) in [4.78, 5) is 21.3. The standard InChI is InChI=1S/C16H24N4O2/c1-19-6-8-20(9-7-19)15-3-2-14(12-17-15)18-16(21)13-4-10-22-11-5-13/h2-3,12-13H,4-11H2,1H3,(H,18,21). The van der Waals surface area contributed by atoms with Crippen molar-refractivity contribution in [1.29, 1.82) is 0 Å². The van der Waals surface area contributed by atoms with E-state index in [9.17, 15) is 4.79 Å². The molecule has 1 N–H and O–H groups in total. The second kappa shape index (κ2) is 7.07. The first-order valence-corrected chi connectivity index (χ1v) is 8.00. The van der Waals surface area contributed by atoms with Gasteiger partial charge < -0.3 is 19.9 Å². The highest BCUT2D eigenvalue weighted by atomic mass is 16.5. The van der Waals surface area contributed by atoms with Crippen LogP contribution in [0.1, 0.15) is 12.8 Å². The van der Waals surface area contributed by atoms with Gasteiger partial charge in [0, 0.05) is 45.3 Å². The molecule has 2 aliphatic rings. The number of piperazine rings is 1. The van der Waals surface area contributed by atoms with Gasteiger partial charge in [0.1, 0.15) is 5.82 Å². The molecule has 2 fully saturated rings. The number of amides is 1. The van der Waals surface area contributed by atoms with Crippen molar-refractivity contribution in [3.05, 3.63) is 18.3 Å². The number of carbonyl (C=O) groups is 1. The van der Waals surface area contributed by atoms with E-state index < -0.39 is 0 Å². The van der Waals surface area contributed by atoms with Crippen molar-refractivity contribution in [2.75, 3.05) is 56.7 Å². The van der Waals surface area contributed by atoms with E-state index in [4.69, 9.17) is 4.74 Å². The Hall–Kier alpha value is -1.66. The number of likely N-dealkylation sites (N-methyl/N-ethyl adjacent to an activating group) is 1. The molecule has 0 unspecified atom stereocenters. The molecule has 0 radical (unpaired) electrons. The van der Waals surface area contributed by atoms with E-state index in [1.807, 2.05) is 12.1 Å². The molecule has 0 saturated carbocycles. The largest absolute Gasteiger partial charge is 0.381 e. The highest BCUT2D eigenvalue weighted by Crippen LogP contribution is 2.19. The smallest absolute Gasteiger partial charge is 0.227 e. The van der Waals surface area contributed by atoms with E-state index >= 15 is 0 Å². The first-order chi connectivity index (χ1) is 10.7. The summed E-state index contributed by atoms with van der Waals surface area (Å²) in [6.45, 7) is 5.47. The van der Waals surface area contributed by atoms with Crippen LogP contribution in [0.5, 0.6) is 0 Å². The van der Waals surface area contributed by atoms with E-state index in [-0.39, 0.29) is 11.8 Å².